The lowest BCUT2D eigenvalue weighted by Gasteiger charge is -2.06. The third-order valence-electron chi connectivity index (χ3n) is 2.12. The van der Waals surface area contributed by atoms with E-state index in [1.54, 1.807) is 12.3 Å². The maximum atomic E-state index is 11.0. The quantitative estimate of drug-likeness (QED) is 0.762. The van der Waals surface area contributed by atoms with Crippen molar-refractivity contribution in [3.05, 3.63) is 35.3 Å². The first-order valence-electron chi connectivity index (χ1n) is 4.97. The van der Waals surface area contributed by atoms with E-state index < -0.39 is 0 Å². The van der Waals surface area contributed by atoms with Gasteiger partial charge in [-0.2, -0.15) is 0 Å². The van der Waals surface area contributed by atoms with Gasteiger partial charge in [0.2, 0.25) is 0 Å². The largest absolute Gasteiger partial charge is 0.494 e. The lowest BCUT2D eigenvalue weighted by atomic mass is 10.1. The Kier molecular flexibility index (Phi) is 3.31. The number of ether oxygens (including phenoxy) is 1. The Morgan fingerprint density at radius 3 is 3.00 bits per heavy atom. The monoisotopic (exact) mass is 233 g/mol. The maximum Gasteiger partial charge on any atom is 0.150 e. The van der Waals surface area contributed by atoms with E-state index in [0.29, 0.717) is 17.9 Å². The smallest absolute Gasteiger partial charge is 0.150 e. The third kappa shape index (κ3) is 2.12. The summed E-state index contributed by atoms with van der Waals surface area (Å²) in [7, 11) is 0. The van der Waals surface area contributed by atoms with Crippen LogP contribution in [-0.4, -0.2) is 17.9 Å². The molecule has 1 aromatic carbocycles. The number of aldehydes is 1. The summed E-state index contributed by atoms with van der Waals surface area (Å²) >= 11 is 1.51. The molecule has 0 spiro atoms. The molecule has 82 valence electrons. The highest BCUT2D eigenvalue weighted by molar-refractivity contribution is 7.13. The number of carbonyl (C=O) groups is 1. The van der Waals surface area contributed by atoms with Crippen LogP contribution >= 0.6 is 11.3 Å². The lowest BCUT2D eigenvalue weighted by molar-refractivity contribution is 0.112. The van der Waals surface area contributed by atoms with E-state index in [2.05, 4.69) is 4.98 Å². The molecule has 0 amide bonds. The summed E-state index contributed by atoms with van der Waals surface area (Å²) < 4.78 is 5.34. The minimum atomic E-state index is 0.592. The summed E-state index contributed by atoms with van der Waals surface area (Å²) in [5.74, 6) is 0.713. The SMILES string of the molecule is CCOc1ccc(-c2nccs2)c(C=O)c1. The van der Waals surface area contributed by atoms with Gasteiger partial charge in [-0.15, -0.1) is 11.3 Å². The van der Waals surface area contributed by atoms with Crippen molar-refractivity contribution < 1.29 is 9.53 Å². The predicted octanol–water partition coefficient (Wildman–Crippen LogP) is 3.02. The number of thiazole rings is 1. The van der Waals surface area contributed by atoms with Crippen molar-refractivity contribution in [3.8, 4) is 16.3 Å². The van der Waals surface area contributed by atoms with Crippen molar-refractivity contribution in [2.75, 3.05) is 6.61 Å². The van der Waals surface area contributed by atoms with E-state index in [4.69, 9.17) is 4.74 Å². The molecule has 0 fully saturated rings. The number of nitrogens with zero attached hydrogens (tertiary/aromatic N) is 1. The lowest BCUT2D eigenvalue weighted by Crippen LogP contribution is -1.94. The van der Waals surface area contributed by atoms with Gasteiger partial charge in [-0.1, -0.05) is 0 Å². The van der Waals surface area contributed by atoms with Gasteiger partial charge < -0.3 is 4.74 Å². The number of rotatable bonds is 4. The van der Waals surface area contributed by atoms with Crippen LogP contribution in [0.15, 0.2) is 29.8 Å². The van der Waals surface area contributed by atoms with E-state index in [1.165, 1.54) is 11.3 Å². The molecule has 2 rings (SSSR count). The molecule has 1 heterocycles. The molecule has 0 unspecified atom stereocenters. The van der Waals surface area contributed by atoms with Crippen LogP contribution in [0.4, 0.5) is 0 Å². The van der Waals surface area contributed by atoms with Crippen molar-refractivity contribution in [2.45, 2.75) is 6.92 Å². The van der Waals surface area contributed by atoms with Crippen molar-refractivity contribution in [1.82, 2.24) is 4.98 Å². The topological polar surface area (TPSA) is 39.2 Å². The summed E-state index contributed by atoms with van der Waals surface area (Å²) in [5, 5.41) is 2.74. The van der Waals surface area contributed by atoms with Gasteiger partial charge >= 0.3 is 0 Å². The van der Waals surface area contributed by atoms with Crippen molar-refractivity contribution in [1.29, 1.82) is 0 Å². The van der Waals surface area contributed by atoms with Gasteiger partial charge in [0.1, 0.15) is 10.8 Å². The summed E-state index contributed by atoms with van der Waals surface area (Å²) in [5.41, 5.74) is 1.47. The highest BCUT2D eigenvalue weighted by Crippen LogP contribution is 2.27. The van der Waals surface area contributed by atoms with E-state index in [0.717, 1.165) is 16.9 Å². The summed E-state index contributed by atoms with van der Waals surface area (Å²) in [6.07, 6.45) is 2.56. The number of aromatic nitrogens is 1. The van der Waals surface area contributed by atoms with E-state index >= 15 is 0 Å². The van der Waals surface area contributed by atoms with Crippen LogP contribution in [0.25, 0.3) is 10.6 Å². The second kappa shape index (κ2) is 4.90. The number of carbonyl (C=O) groups excluding carboxylic acids is 1. The fraction of sp³-hybridized carbons (Fsp3) is 0.167. The average molecular weight is 233 g/mol. The first-order chi connectivity index (χ1) is 7.85. The molecule has 16 heavy (non-hydrogen) atoms. The third-order valence-corrected chi connectivity index (χ3v) is 2.93. The van der Waals surface area contributed by atoms with Gasteiger partial charge in [-0.25, -0.2) is 4.98 Å². The van der Waals surface area contributed by atoms with Crippen molar-refractivity contribution in [2.24, 2.45) is 0 Å². The highest BCUT2D eigenvalue weighted by Gasteiger charge is 2.08. The van der Waals surface area contributed by atoms with Crippen LogP contribution in [0.2, 0.25) is 0 Å². The predicted molar refractivity (Wildman–Crippen MR) is 64.1 cm³/mol. The zero-order valence-corrected chi connectivity index (χ0v) is 9.66. The van der Waals surface area contributed by atoms with E-state index in [1.807, 2.05) is 24.4 Å². The zero-order valence-electron chi connectivity index (χ0n) is 8.84. The van der Waals surface area contributed by atoms with Gasteiger partial charge in [0.15, 0.2) is 6.29 Å². The summed E-state index contributed by atoms with van der Waals surface area (Å²) in [6.45, 7) is 2.50. The van der Waals surface area contributed by atoms with Crippen molar-refractivity contribution >= 4 is 17.6 Å². The number of hydrogen-bond donors (Lipinski definition) is 0. The molecule has 0 N–H and O–H groups in total. The molecule has 0 aliphatic heterocycles. The molecule has 1 aromatic heterocycles. The van der Waals surface area contributed by atoms with Gasteiger partial charge in [0.25, 0.3) is 0 Å². The molecule has 4 heteroatoms. The molecule has 2 aromatic rings. The van der Waals surface area contributed by atoms with Gasteiger partial charge in [0, 0.05) is 22.7 Å². The Hall–Kier alpha value is -1.68. The second-order valence-electron chi connectivity index (χ2n) is 3.14. The fourth-order valence-corrected chi connectivity index (χ4v) is 2.13. The zero-order chi connectivity index (χ0) is 11.4. The number of hydrogen-bond acceptors (Lipinski definition) is 4. The Morgan fingerprint density at radius 2 is 2.38 bits per heavy atom. The molecule has 0 saturated carbocycles. The second-order valence-corrected chi connectivity index (χ2v) is 4.03. The Bertz CT molecular complexity index is 480. The highest BCUT2D eigenvalue weighted by atomic mass is 32.1. The van der Waals surface area contributed by atoms with Gasteiger partial charge in [0.05, 0.1) is 6.61 Å². The van der Waals surface area contributed by atoms with Crippen molar-refractivity contribution in [3.63, 3.8) is 0 Å². The molecular weight excluding hydrogens is 222 g/mol. The average Bonchev–Trinajstić information content (AvgIpc) is 2.83. The van der Waals surface area contributed by atoms with Crippen LogP contribution in [0, 0.1) is 0 Å². The Labute approximate surface area is 97.7 Å². The number of benzene rings is 1. The van der Waals surface area contributed by atoms with Crippen LogP contribution in [0.1, 0.15) is 17.3 Å². The molecular formula is C12H11NO2S. The maximum absolute atomic E-state index is 11.0. The normalized spacial score (nSPS) is 10.1. The fourth-order valence-electron chi connectivity index (χ4n) is 1.45. The molecule has 0 aliphatic carbocycles. The molecule has 0 radical (unpaired) electrons. The van der Waals surface area contributed by atoms with Crippen LogP contribution in [-0.2, 0) is 0 Å². The molecule has 0 atom stereocenters. The Morgan fingerprint density at radius 1 is 1.50 bits per heavy atom. The summed E-state index contributed by atoms with van der Waals surface area (Å²) in [6, 6.07) is 5.47. The molecule has 3 nitrogen and oxygen atoms in total. The minimum absolute atomic E-state index is 0.592. The van der Waals surface area contributed by atoms with Gasteiger partial charge in [-0.05, 0) is 25.1 Å². The van der Waals surface area contributed by atoms with Gasteiger partial charge in [-0.3, -0.25) is 4.79 Å². The molecule has 0 aliphatic rings. The first-order valence-corrected chi connectivity index (χ1v) is 5.85. The minimum Gasteiger partial charge on any atom is -0.494 e. The summed E-state index contributed by atoms with van der Waals surface area (Å²) in [4.78, 5) is 15.2. The Balaban J connectivity index is 2.43. The van der Waals surface area contributed by atoms with E-state index in [-0.39, 0.29) is 0 Å². The van der Waals surface area contributed by atoms with E-state index in [9.17, 15) is 4.79 Å². The molecule has 0 saturated heterocycles. The van der Waals surface area contributed by atoms with Crippen LogP contribution < -0.4 is 4.74 Å². The van der Waals surface area contributed by atoms with Crippen LogP contribution in [0.3, 0.4) is 0 Å². The van der Waals surface area contributed by atoms with Crippen LogP contribution in [0.5, 0.6) is 5.75 Å². The first kappa shape index (κ1) is 10.8. The molecule has 0 bridgehead atoms. The standard InChI is InChI=1S/C12H11NO2S/c1-2-15-10-3-4-11(9(7-10)8-14)12-13-5-6-16-12/h3-8H,2H2,1H3.